The highest BCUT2D eigenvalue weighted by atomic mass is 35.5. The molecule has 0 atom stereocenters. The van der Waals surface area contributed by atoms with Gasteiger partial charge in [0.2, 0.25) is 0 Å². The lowest BCUT2D eigenvalue weighted by Gasteiger charge is -2.03. The molecule has 2 aromatic heterocycles. The molecule has 0 fully saturated rings. The minimum absolute atomic E-state index is 0.547. The molecule has 3 rings (SSSR count). The molecule has 114 valence electrons. The number of rotatable bonds is 5. The van der Waals surface area contributed by atoms with Crippen LogP contribution in [0.3, 0.4) is 0 Å². The highest BCUT2D eigenvalue weighted by Crippen LogP contribution is 2.23. The summed E-state index contributed by atoms with van der Waals surface area (Å²) < 4.78 is 1.66. The van der Waals surface area contributed by atoms with E-state index in [1.165, 1.54) is 10.4 Å². The molecule has 0 bridgehead atoms. The molecule has 0 spiro atoms. The summed E-state index contributed by atoms with van der Waals surface area (Å²) in [7, 11) is 0. The topological polar surface area (TPSA) is 42.7 Å². The van der Waals surface area contributed by atoms with Crippen LogP contribution >= 0.6 is 34.5 Å². The Morgan fingerprint density at radius 3 is 2.82 bits per heavy atom. The molecule has 0 saturated heterocycles. The Bertz CT molecular complexity index is 781. The van der Waals surface area contributed by atoms with Gasteiger partial charge in [-0.25, -0.2) is 4.68 Å². The van der Waals surface area contributed by atoms with Gasteiger partial charge in [0.15, 0.2) is 0 Å². The maximum atomic E-state index is 6.18. The van der Waals surface area contributed by atoms with Gasteiger partial charge in [0.25, 0.3) is 0 Å². The lowest BCUT2D eigenvalue weighted by molar-refractivity contribution is 0.681. The Hall–Kier alpha value is -1.40. The molecular weight excluding hydrogens is 339 g/mol. The van der Waals surface area contributed by atoms with Gasteiger partial charge in [-0.15, -0.1) is 16.4 Å². The fourth-order valence-corrected chi connectivity index (χ4v) is 3.42. The summed E-state index contributed by atoms with van der Waals surface area (Å²) in [6.45, 7) is 3.60. The molecule has 0 aliphatic rings. The normalized spacial score (nSPS) is 11.0. The molecule has 3 aromatic rings. The van der Waals surface area contributed by atoms with Crippen LogP contribution in [0, 0.1) is 6.92 Å². The van der Waals surface area contributed by atoms with Crippen molar-refractivity contribution in [3.8, 4) is 5.69 Å². The van der Waals surface area contributed by atoms with Gasteiger partial charge in [-0.2, -0.15) is 0 Å². The second-order valence-electron chi connectivity index (χ2n) is 4.88. The molecule has 0 radical (unpaired) electrons. The number of aryl methyl sites for hydroxylation is 1. The number of hydrogen-bond donors (Lipinski definition) is 1. The largest absolute Gasteiger partial charge is 0.306 e. The molecule has 22 heavy (non-hydrogen) atoms. The van der Waals surface area contributed by atoms with Gasteiger partial charge < -0.3 is 5.32 Å². The molecule has 0 saturated carbocycles. The molecule has 7 heteroatoms. The first-order valence-corrected chi connectivity index (χ1v) is 8.37. The van der Waals surface area contributed by atoms with E-state index in [2.05, 4.69) is 34.0 Å². The average Bonchev–Trinajstić information content (AvgIpc) is 3.09. The number of aromatic nitrogens is 3. The number of nitrogens with zero attached hydrogens (tertiary/aromatic N) is 3. The van der Waals surface area contributed by atoms with E-state index in [1.807, 2.05) is 12.3 Å². The molecule has 2 heterocycles. The number of benzene rings is 1. The van der Waals surface area contributed by atoms with Crippen LogP contribution in [0.25, 0.3) is 5.69 Å². The first kappa shape index (κ1) is 15.5. The summed E-state index contributed by atoms with van der Waals surface area (Å²) in [6, 6.07) is 7.42. The smallest absolute Gasteiger partial charge is 0.0969 e. The Labute approximate surface area is 142 Å². The van der Waals surface area contributed by atoms with Crippen molar-refractivity contribution >= 4 is 34.5 Å². The van der Waals surface area contributed by atoms with Crippen LogP contribution in [0.4, 0.5) is 0 Å². The summed E-state index contributed by atoms with van der Waals surface area (Å²) in [6.07, 6.45) is 1.86. The van der Waals surface area contributed by atoms with Crippen LogP contribution in [0.1, 0.15) is 16.1 Å². The Morgan fingerprint density at radius 1 is 1.23 bits per heavy atom. The highest BCUT2D eigenvalue weighted by Gasteiger charge is 2.07. The first-order valence-electron chi connectivity index (χ1n) is 6.74. The van der Waals surface area contributed by atoms with E-state index in [9.17, 15) is 0 Å². The van der Waals surface area contributed by atoms with Gasteiger partial charge in [-0.05, 0) is 42.1 Å². The van der Waals surface area contributed by atoms with Crippen molar-refractivity contribution in [1.29, 1.82) is 0 Å². The van der Waals surface area contributed by atoms with Crippen LogP contribution in [-0.2, 0) is 13.1 Å². The third-order valence-corrected chi connectivity index (χ3v) is 4.82. The Kier molecular flexibility index (Phi) is 4.78. The SMILES string of the molecule is Cc1ccsc1CNCc1cn(-c2ccc(Cl)cc2Cl)nn1. The first-order chi connectivity index (χ1) is 10.6. The van der Waals surface area contributed by atoms with Gasteiger partial charge in [-0.1, -0.05) is 28.4 Å². The van der Waals surface area contributed by atoms with E-state index < -0.39 is 0 Å². The monoisotopic (exact) mass is 352 g/mol. The van der Waals surface area contributed by atoms with Crippen LogP contribution in [0.2, 0.25) is 10.0 Å². The molecule has 1 aromatic carbocycles. The van der Waals surface area contributed by atoms with E-state index in [4.69, 9.17) is 23.2 Å². The van der Waals surface area contributed by atoms with Crippen LogP contribution in [0.5, 0.6) is 0 Å². The molecule has 0 unspecified atom stereocenters. The van der Waals surface area contributed by atoms with Crippen molar-refractivity contribution in [2.24, 2.45) is 0 Å². The van der Waals surface area contributed by atoms with Gasteiger partial charge in [-0.3, -0.25) is 0 Å². The average molecular weight is 353 g/mol. The van der Waals surface area contributed by atoms with Crippen molar-refractivity contribution in [3.63, 3.8) is 0 Å². The van der Waals surface area contributed by atoms with Gasteiger partial charge >= 0.3 is 0 Å². The molecule has 1 N–H and O–H groups in total. The summed E-state index contributed by atoms with van der Waals surface area (Å²) in [5.74, 6) is 0. The lowest BCUT2D eigenvalue weighted by atomic mass is 10.3. The van der Waals surface area contributed by atoms with Crippen molar-refractivity contribution in [2.45, 2.75) is 20.0 Å². The van der Waals surface area contributed by atoms with Gasteiger partial charge in [0.1, 0.15) is 0 Å². The van der Waals surface area contributed by atoms with E-state index >= 15 is 0 Å². The summed E-state index contributed by atoms with van der Waals surface area (Å²) in [5.41, 5.74) is 2.94. The van der Waals surface area contributed by atoms with Crippen molar-refractivity contribution < 1.29 is 0 Å². The third kappa shape index (κ3) is 3.50. The predicted octanol–water partition coefficient (Wildman–Crippen LogP) is 4.23. The fourth-order valence-electron chi connectivity index (χ4n) is 2.05. The quantitative estimate of drug-likeness (QED) is 0.746. The molecule has 0 aliphatic heterocycles. The fraction of sp³-hybridized carbons (Fsp3) is 0.200. The third-order valence-electron chi connectivity index (χ3n) is 3.26. The number of thiophene rings is 1. The minimum Gasteiger partial charge on any atom is -0.306 e. The zero-order valence-electron chi connectivity index (χ0n) is 11.9. The summed E-state index contributed by atoms with van der Waals surface area (Å²) >= 11 is 13.8. The lowest BCUT2D eigenvalue weighted by Crippen LogP contribution is -2.12. The second kappa shape index (κ2) is 6.79. The van der Waals surface area contributed by atoms with E-state index in [0.717, 1.165) is 17.9 Å². The number of hydrogen-bond acceptors (Lipinski definition) is 4. The zero-order chi connectivity index (χ0) is 15.5. The standard InChI is InChI=1S/C15H14Cl2N4S/c1-10-4-5-22-15(10)8-18-7-12-9-21(20-19-12)14-3-2-11(16)6-13(14)17/h2-6,9,18H,7-8H2,1H3. The van der Waals surface area contributed by atoms with E-state index in [0.29, 0.717) is 16.6 Å². The molecule has 4 nitrogen and oxygen atoms in total. The van der Waals surface area contributed by atoms with Crippen LogP contribution < -0.4 is 5.32 Å². The van der Waals surface area contributed by atoms with Gasteiger partial charge in [0.05, 0.1) is 22.6 Å². The zero-order valence-corrected chi connectivity index (χ0v) is 14.2. The minimum atomic E-state index is 0.547. The maximum absolute atomic E-state index is 6.18. The predicted molar refractivity (Wildman–Crippen MR) is 91.0 cm³/mol. The Balaban J connectivity index is 1.65. The van der Waals surface area contributed by atoms with Crippen LogP contribution in [-0.4, -0.2) is 15.0 Å². The van der Waals surface area contributed by atoms with E-state index in [1.54, 1.807) is 28.2 Å². The van der Waals surface area contributed by atoms with Gasteiger partial charge in [0, 0.05) is 23.0 Å². The van der Waals surface area contributed by atoms with Crippen molar-refractivity contribution in [3.05, 3.63) is 62.0 Å². The van der Waals surface area contributed by atoms with Crippen LogP contribution in [0.15, 0.2) is 35.8 Å². The number of halogens is 2. The molecule has 0 amide bonds. The molecular formula is C15H14Cl2N4S. The maximum Gasteiger partial charge on any atom is 0.0969 e. The molecule has 0 aliphatic carbocycles. The summed E-state index contributed by atoms with van der Waals surface area (Å²) in [5, 5.41) is 14.9. The van der Waals surface area contributed by atoms with E-state index in [-0.39, 0.29) is 0 Å². The summed E-state index contributed by atoms with van der Waals surface area (Å²) in [4.78, 5) is 1.34. The van der Waals surface area contributed by atoms with Crippen molar-refractivity contribution in [2.75, 3.05) is 0 Å². The highest BCUT2D eigenvalue weighted by molar-refractivity contribution is 7.10. The Morgan fingerprint density at radius 2 is 2.09 bits per heavy atom. The van der Waals surface area contributed by atoms with Crippen molar-refractivity contribution in [1.82, 2.24) is 20.3 Å². The second-order valence-corrected chi connectivity index (χ2v) is 6.72. The number of nitrogens with one attached hydrogen (secondary N) is 1.